The van der Waals surface area contributed by atoms with Gasteiger partial charge in [0, 0.05) is 17.6 Å². The van der Waals surface area contributed by atoms with E-state index in [-0.39, 0.29) is 31.0 Å². The number of amides is 2. The van der Waals surface area contributed by atoms with Crippen molar-refractivity contribution >= 4 is 46.6 Å². The van der Waals surface area contributed by atoms with Gasteiger partial charge in [0.1, 0.15) is 11.8 Å². The second-order valence-electron chi connectivity index (χ2n) is 7.68. The quantitative estimate of drug-likeness (QED) is 0.539. The summed E-state index contributed by atoms with van der Waals surface area (Å²) in [6, 6.07) is 11.4. The Morgan fingerprint density at radius 2 is 1.74 bits per heavy atom. The molecule has 1 unspecified atom stereocenters. The molecule has 1 atom stereocenters. The van der Waals surface area contributed by atoms with E-state index in [0.29, 0.717) is 20.8 Å². The van der Waals surface area contributed by atoms with Crippen LogP contribution >= 0.6 is 34.8 Å². The van der Waals surface area contributed by atoms with E-state index < -0.39 is 6.04 Å². The van der Waals surface area contributed by atoms with Crippen LogP contribution in [0.2, 0.25) is 15.1 Å². The van der Waals surface area contributed by atoms with E-state index in [1.807, 2.05) is 0 Å². The highest BCUT2D eigenvalue weighted by molar-refractivity contribution is 6.42. The van der Waals surface area contributed by atoms with Gasteiger partial charge in [-0.05, 0) is 61.7 Å². The number of ether oxygens (including phenoxy) is 1. The first kappa shape index (κ1) is 23.7. The van der Waals surface area contributed by atoms with E-state index in [9.17, 15) is 9.59 Å². The Hall–Kier alpha value is -1.95. The highest BCUT2D eigenvalue weighted by Gasteiger charge is 2.28. The molecule has 166 valence electrons. The number of rotatable bonds is 8. The average Bonchev–Trinajstić information content (AvgIpc) is 3.26. The molecule has 0 spiro atoms. The van der Waals surface area contributed by atoms with Crippen molar-refractivity contribution in [3.8, 4) is 5.75 Å². The second-order valence-corrected chi connectivity index (χ2v) is 8.93. The Morgan fingerprint density at radius 1 is 1.06 bits per heavy atom. The van der Waals surface area contributed by atoms with Crippen molar-refractivity contribution in [3.63, 3.8) is 0 Å². The predicted molar refractivity (Wildman–Crippen MR) is 124 cm³/mol. The maximum absolute atomic E-state index is 13.1. The van der Waals surface area contributed by atoms with Crippen LogP contribution in [-0.4, -0.2) is 35.4 Å². The van der Waals surface area contributed by atoms with Gasteiger partial charge in [0.2, 0.25) is 5.91 Å². The summed E-state index contributed by atoms with van der Waals surface area (Å²) in [4.78, 5) is 27.4. The molecule has 31 heavy (non-hydrogen) atoms. The molecule has 2 aromatic rings. The molecule has 1 aliphatic rings. The summed E-state index contributed by atoms with van der Waals surface area (Å²) in [6.07, 6.45) is 4.16. The molecule has 0 radical (unpaired) electrons. The van der Waals surface area contributed by atoms with Crippen molar-refractivity contribution in [2.45, 2.75) is 51.2 Å². The number of nitrogens with zero attached hydrogens (tertiary/aromatic N) is 1. The lowest BCUT2D eigenvalue weighted by Crippen LogP contribution is -2.50. The van der Waals surface area contributed by atoms with Crippen molar-refractivity contribution in [2.24, 2.45) is 0 Å². The summed E-state index contributed by atoms with van der Waals surface area (Å²) in [5.41, 5.74) is 0.773. The fourth-order valence-corrected chi connectivity index (χ4v) is 4.01. The van der Waals surface area contributed by atoms with Gasteiger partial charge in [-0.2, -0.15) is 0 Å². The molecule has 8 heteroatoms. The number of carbonyl (C=O) groups excluding carboxylic acids is 2. The fraction of sp³-hybridized carbons (Fsp3) is 0.391. The van der Waals surface area contributed by atoms with Crippen LogP contribution in [0.25, 0.3) is 0 Å². The maximum Gasteiger partial charge on any atom is 0.261 e. The molecule has 3 rings (SSSR count). The number of halogens is 3. The Morgan fingerprint density at radius 3 is 2.39 bits per heavy atom. The van der Waals surface area contributed by atoms with Gasteiger partial charge in [-0.25, -0.2) is 0 Å². The minimum atomic E-state index is -0.670. The number of benzene rings is 2. The smallest absolute Gasteiger partial charge is 0.261 e. The summed E-state index contributed by atoms with van der Waals surface area (Å²) in [6.45, 7) is 1.73. The molecule has 0 saturated heterocycles. The first-order valence-electron chi connectivity index (χ1n) is 10.3. The van der Waals surface area contributed by atoms with E-state index in [2.05, 4.69) is 5.32 Å². The van der Waals surface area contributed by atoms with Crippen molar-refractivity contribution in [1.29, 1.82) is 0 Å². The van der Waals surface area contributed by atoms with Gasteiger partial charge in [0.25, 0.3) is 5.91 Å². The largest absolute Gasteiger partial charge is 0.484 e. The third kappa shape index (κ3) is 6.76. The van der Waals surface area contributed by atoms with Gasteiger partial charge >= 0.3 is 0 Å². The summed E-state index contributed by atoms with van der Waals surface area (Å²) in [5, 5.41) is 4.47. The van der Waals surface area contributed by atoms with Crippen molar-refractivity contribution in [3.05, 3.63) is 63.1 Å². The molecule has 5 nitrogen and oxygen atoms in total. The molecule has 1 saturated carbocycles. The Labute approximate surface area is 197 Å². The van der Waals surface area contributed by atoms with Gasteiger partial charge < -0.3 is 15.0 Å². The highest BCUT2D eigenvalue weighted by Crippen LogP contribution is 2.24. The van der Waals surface area contributed by atoms with E-state index in [0.717, 1.165) is 31.2 Å². The molecule has 1 aliphatic carbocycles. The standard InChI is InChI=1S/C23H25Cl3N2O3/c1-15(23(30)27-18-4-2-3-5-18)28(13-16-6-11-20(25)21(26)12-16)22(29)14-31-19-9-7-17(24)8-10-19/h6-12,15,18H,2-5,13-14H2,1H3,(H,27,30). The van der Waals surface area contributed by atoms with E-state index in [1.165, 1.54) is 4.90 Å². The zero-order chi connectivity index (χ0) is 22.4. The number of hydrogen-bond acceptors (Lipinski definition) is 3. The maximum atomic E-state index is 13.1. The molecule has 0 aromatic heterocycles. The van der Waals surface area contributed by atoms with Crippen LogP contribution in [0.4, 0.5) is 0 Å². The van der Waals surface area contributed by atoms with Crippen LogP contribution in [0, 0.1) is 0 Å². The molecule has 0 aliphatic heterocycles. The lowest BCUT2D eigenvalue weighted by Gasteiger charge is -2.29. The van der Waals surface area contributed by atoms with Crippen molar-refractivity contribution < 1.29 is 14.3 Å². The molecule has 1 N–H and O–H groups in total. The van der Waals surface area contributed by atoms with E-state index >= 15 is 0 Å². The summed E-state index contributed by atoms with van der Waals surface area (Å²) < 4.78 is 5.62. The predicted octanol–water partition coefficient (Wildman–Crippen LogP) is 5.50. The van der Waals surface area contributed by atoms with Crippen molar-refractivity contribution in [2.75, 3.05) is 6.61 Å². The average molecular weight is 484 g/mol. The SMILES string of the molecule is CC(C(=O)NC1CCCC1)N(Cc1ccc(Cl)c(Cl)c1)C(=O)COc1ccc(Cl)cc1. The third-order valence-corrected chi connectivity index (χ3v) is 6.37. The van der Waals surface area contributed by atoms with Gasteiger partial charge in [-0.15, -0.1) is 0 Å². The molecule has 2 amide bonds. The topological polar surface area (TPSA) is 58.6 Å². The van der Waals surface area contributed by atoms with E-state index in [1.54, 1.807) is 49.4 Å². The van der Waals surface area contributed by atoms with Gasteiger partial charge in [-0.3, -0.25) is 9.59 Å². The molecule has 0 heterocycles. The Bertz CT molecular complexity index is 915. The van der Waals surface area contributed by atoms with Crippen LogP contribution < -0.4 is 10.1 Å². The highest BCUT2D eigenvalue weighted by atomic mass is 35.5. The first-order valence-corrected chi connectivity index (χ1v) is 11.4. The fourth-order valence-electron chi connectivity index (χ4n) is 3.57. The van der Waals surface area contributed by atoms with Crippen LogP contribution in [0.1, 0.15) is 38.2 Å². The zero-order valence-corrected chi connectivity index (χ0v) is 19.5. The van der Waals surface area contributed by atoms with Gasteiger partial charge in [0.05, 0.1) is 10.0 Å². The van der Waals surface area contributed by atoms with Gasteiger partial charge in [-0.1, -0.05) is 53.7 Å². The number of nitrogens with one attached hydrogen (secondary N) is 1. The lowest BCUT2D eigenvalue weighted by molar-refractivity contribution is -0.142. The molecule has 0 bridgehead atoms. The van der Waals surface area contributed by atoms with Crippen LogP contribution in [0.15, 0.2) is 42.5 Å². The van der Waals surface area contributed by atoms with Crippen LogP contribution in [0.3, 0.4) is 0 Å². The minimum Gasteiger partial charge on any atom is -0.484 e. The summed E-state index contributed by atoms with van der Waals surface area (Å²) in [5.74, 6) is 0.0391. The normalized spacial score (nSPS) is 14.8. The minimum absolute atomic E-state index is 0.169. The Balaban J connectivity index is 1.72. The van der Waals surface area contributed by atoms with Gasteiger partial charge in [0.15, 0.2) is 6.61 Å². The van der Waals surface area contributed by atoms with E-state index in [4.69, 9.17) is 39.5 Å². The number of hydrogen-bond donors (Lipinski definition) is 1. The Kier molecular flexibility index (Phi) is 8.47. The lowest BCUT2D eigenvalue weighted by atomic mass is 10.1. The number of carbonyl (C=O) groups is 2. The zero-order valence-electron chi connectivity index (χ0n) is 17.2. The van der Waals surface area contributed by atoms with Crippen LogP contribution in [-0.2, 0) is 16.1 Å². The van der Waals surface area contributed by atoms with Crippen LogP contribution in [0.5, 0.6) is 5.75 Å². The molecule has 1 fully saturated rings. The third-order valence-electron chi connectivity index (χ3n) is 5.38. The molecular formula is C23H25Cl3N2O3. The first-order chi connectivity index (χ1) is 14.8. The molecule has 2 aromatic carbocycles. The summed E-state index contributed by atoms with van der Waals surface area (Å²) >= 11 is 18.0. The monoisotopic (exact) mass is 482 g/mol. The van der Waals surface area contributed by atoms with Crippen molar-refractivity contribution in [1.82, 2.24) is 10.2 Å². The summed E-state index contributed by atoms with van der Waals surface area (Å²) in [7, 11) is 0. The molecular weight excluding hydrogens is 459 g/mol. The second kappa shape index (κ2) is 11.1.